The van der Waals surface area contributed by atoms with Gasteiger partial charge in [0.25, 0.3) is 0 Å². The van der Waals surface area contributed by atoms with E-state index in [1.165, 1.54) is 12.7 Å². The van der Waals surface area contributed by atoms with Crippen molar-refractivity contribution in [3.05, 3.63) is 70.2 Å². The highest BCUT2D eigenvalue weighted by Gasteiger charge is 2.31. The van der Waals surface area contributed by atoms with Crippen LogP contribution < -0.4 is 0 Å². The minimum absolute atomic E-state index is 0.0418. The van der Waals surface area contributed by atoms with Crippen LogP contribution in [0.2, 0.25) is 5.02 Å². The lowest BCUT2D eigenvalue weighted by Crippen LogP contribution is -2.40. The van der Waals surface area contributed by atoms with Crippen molar-refractivity contribution in [2.75, 3.05) is 13.7 Å². The molecule has 5 heteroatoms. The second kappa shape index (κ2) is 7.70. The number of benzene rings is 2. The lowest BCUT2D eigenvalue weighted by Gasteiger charge is -2.38. The largest absolute Gasteiger partial charge is 0.469 e. The van der Waals surface area contributed by atoms with Crippen molar-refractivity contribution in [3.63, 3.8) is 0 Å². The van der Waals surface area contributed by atoms with E-state index in [1.54, 1.807) is 0 Å². The molecule has 3 rings (SSSR count). The van der Waals surface area contributed by atoms with Crippen LogP contribution in [-0.4, -0.2) is 30.4 Å². The number of carbonyl (C=O) groups is 2. The molecular weight excluding hydrogens is 338 g/mol. The minimum atomic E-state index is -0.367. The highest BCUT2D eigenvalue weighted by atomic mass is 35.5. The molecule has 0 spiro atoms. The molecular formula is C20H20ClNO3. The minimum Gasteiger partial charge on any atom is -0.469 e. The van der Waals surface area contributed by atoms with Gasteiger partial charge in [0.15, 0.2) is 0 Å². The molecule has 1 amide bonds. The zero-order chi connectivity index (χ0) is 17.8. The van der Waals surface area contributed by atoms with E-state index >= 15 is 0 Å². The Bertz CT molecular complexity index is 773. The van der Waals surface area contributed by atoms with Crippen molar-refractivity contribution in [2.24, 2.45) is 0 Å². The lowest BCUT2D eigenvalue weighted by atomic mass is 9.88. The average molecular weight is 358 g/mol. The molecule has 0 aliphatic carbocycles. The highest BCUT2D eigenvalue weighted by Crippen LogP contribution is 2.36. The summed E-state index contributed by atoms with van der Waals surface area (Å²) in [6.45, 7) is 0.629. The van der Waals surface area contributed by atoms with Gasteiger partial charge in [-0.2, -0.15) is 0 Å². The summed E-state index contributed by atoms with van der Waals surface area (Å²) in [5.74, 6) is -0.409. The van der Waals surface area contributed by atoms with Gasteiger partial charge in [-0.3, -0.25) is 9.59 Å². The second-order valence-corrected chi connectivity index (χ2v) is 6.50. The molecule has 1 heterocycles. The zero-order valence-electron chi connectivity index (χ0n) is 14.1. The van der Waals surface area contributed by atoms with Gasteiger partial charge in [-0.05, 0) is 35.2 Å². The van der Waals surface area contributed by atoms with E-state index in [0.29, 0.717) is 11.6 Å². The van der Waals surface area contributed by atoms with Crippen LogP contribution in [0, 0.1) is 0 Å². The molecule has 0 saturated heterocycles. The van der Waals surface area contributed by atoms with E-state index in [2.05, 4.69) is 16.9 Å². The number of hydrogen-bond acceptors (Lipinski definition) is 3. The monoisotopic (exact) mass is 357 g/mol. The quantitative estimate of drug-likeness (QED) is 0.782. The predicted molar refractivity (Wildman–Crippen MR) is 96.4 cm³/mol. The normalized spacial score (nSPS) is 16.2. The third kappa shape index (κ3) is 3.85. The standard InChI is InChI=1S/C20H20ClNO3/c1-25-19(24)11-10-18(23)22-13-12-14-4-2-3-5-17(14)20(22)15-6-8-16(21)9-7-15/h2-9,20H,10-13H2,1H3. The fourth-order valence-electron chi connectivity index (χ4n) is 3.29. The molecule has 4 nitrogen and oxygen atoms in total. The Morgan fingerprint density at radius 1 is 1.12 bits per heavy atom. The van der Waals surface area contributed by atoms with E-state index in [-0.39, 0.29) is 30.8 Å². The van der Waals surface area contributed by atoms with Gasteiger partial charge in [0.05, 0.1) is 19.6 Å². The first-order valence-electron chi connectivity index (χ1n) is 8.29. The molecule has 2 aromatic rings. The molecule has 0 N–H and O–H groups in total. The second-order valence-electron chi connectivity index (χ2n) is 6.07. The molecule has 130 valence electrons. The first-order chi connectivity index (χ1) is 12.1. The van der Waals surface area contributed by atoms with Crippen molar-refractivity contribution in [1.29, 1.82) is 0 Å². The van der Waals surface area contributed by atoms with Crippen LogP contribution in [0.5, 0.6) is 0 Å². The van der Waals surface area contributed by atoms with Crippen LogP contribution in [-0.2, 0) is 20.7 Å². The summed E-state index contributed by atoms with van der Waals surface area (Å²) in [7, 11) is 1.33. The van der Waals surface area contributed by atoms with Crippen LogP contribution in [0.4, 0.5) is 0 Å². The number of halogens is 1. The third-order valence-electron chi connectivity index (χ3n) is 4.56. The fourth-order valence-corrected chi connectivity index (χ4v) is 3.42. The summed E-state index contributed by atoms with van der Waals surface area (Å²) in [6, 6.07) is 15.6. The van der Waals surface area contributed by atoms with Gasteiger partial charge in [0.1, 0.15) is 0 Å². The summed E-state index contributed by atoms with van der Waals surface area (Å²) in [5.41, 5.74) is 3.39. The van der Waals surface area contributed by atoms with Crippen molar-refractivity contribution < 1.29 is 14.3 Å². The van der Waals surface area contributed by atoms with Crippen LogP contribution in [0.25, 0.3) is 0 Å². The Morgan fingerprint density at radius 2 is 1.84 bits per heavy atom. The van der Waals surface area contributed by atoms with Crippen LogP contribution in [0.1, 0.15) is 35.6 Å². The molecule has 0 saturated carbocycles. The van der Waals surface area contributed by atoms with Gasteiger partial charge in [-0.25, -0.2) is 0 Å². The maximum atomic E-state index is 12.8. The highest BCUT2D eigenvalue weighted by molar-refractivity contribution is 6.30. The third-order valence-corrected chi connectivity index (χ3v) is 4.81. The predicted octanol–water partition coefficient (Wildman–Crippen LogP) is 3.77. The maximum absolute atomic E-state index is 12.8. The Labute approximate surface area is 152 Å². The maximum Gasteiger partial charge on any atom is 0.306 e. The molecule has 0 bridgehead atoms. The van der Waals surface area contributed by atoms with Crippen molar-refractivity contribution >= 4 is 23.5 Å². The van der Waals surface area contributed by atoms with Crippen molar-refractivity contribution in [1.82, 2.24) is 4.90 Å². The van der Waals surface area contributed by atoms with Gasteiger partial charge < -0.3 is 9.64 Å². The molecule has 25 heavy (non-hydrogen) atoms. The van der Waals surface area contributed by atoms with Gasteiger partial charge in [0.2, 0.25) is 5.91 Å². The number of fused-ring (bicyclic) bond motifs is 1. The van der Waals surface area contributed by atoms with Crippen LogP contribution in [0.15, 0.2) is 48.5 Å². The summed E-state index contributed by atoms with van der Waals surface area (Å²) < 4.78 is 4.64. The van der Waals surface area contributed by atoms with E-state index in [9.17, 15) is 9.59 Å². The van der Waals surface area contributed by atoms with Gasteiger partial charge in [-0.15, -0.1) is 0 Å². The van der Waals surface area contributed by atoms with Crippen LogP contribution in [0.3, 0.4) is 0 Å². The molecule has 1 aliphatic rings. The number of ether oxygens (including phenoxy) is 1. The van der Waals surface area contributed by atoms with Gasteiger partial charge >= 0.3 is 5.97 Å². The zero-order valence-corrected chi connectivity index (χ0v) is 14.8. The summed E-state index contributed by atoms with van der Waals surface area (Å²) in [5, 5.41) is 0.663. The number of carbonyl (C=O) groups excluding carboxylic acids is 2. The number of esters is 1. The Hall–Kier alpha value is -2.33. The molecule has 1 unspecified atom stereocenters. The molecule has 1 atom stereocenters. The number of nitrogens with zero attached hydrogens (tertiary/aromatic N) is 1. The van der Waals surface area contributed by atoms with E-state index in [4.69, 9.17) is 11.6 Å². The first-order valence-corrected chi connectivity index (χ1v) is 8.67. The Kier molecular flexibility index (Phi) is 5.39. The van der Waals surface area contributed by atoms with E-state index in [0.717, 1.165) is 17.5 Å². The summed E-state index contributed by atoms with van der Waals surface area (Å²) in [4.78, 5) is 26.0. The number of hydrogen-bond donors (Lipinski definition) is 0. The molecule has 2 aromatic carbocycles. The topological polar surface area (TPSA) is 46.6 Å². The summed E-state index contributed by atoms with van der Waals surface area (Å²) >= 11 is 6.02. The Morgan fingerprint density at radius 3 is 2.56 bits per heavy atom. The van der Waals surface area contributed by atoms with Crippen LogP contribution >= 0.6 is 11.6 Å². The fraction of sp³-hybridized carbons (Fsp3) is 0.300. The van der Waals surface area contributed by atoms with Crippen molar-refractivity contribution in [2.45, 2.75) is 25.3 Å². The van der Waals surface area contributed by atoms with E-state index < -0.39 is 0 Å². The number of rotatable bonds is 4. The molecule has 1 aliphatic heterocycles. The van der Waals surface area contributed by atoms with Gasteiger partial charge in [-0.1, -0.05) is 48.0 Å². The average Bonchev–Trinajstić information content (AvgIpc) is 2.65. The molecule has 0 fully saturated rings. The smallest absolute Gasteiger partial charge is 0.306 e. The lowest BCUT2D eigenvalue weighted by molar-refractivity contribution is -0.144. The SMILES string of the molecule is COC(=O)CCC(=O)N1CCc2ccccc2C1c1ccc(Cl)cc1. The Balaban J connectivity index is 1.92. The van der Waals surface area contributed by atoms with Crippen molar-refractivity contribution in [3.8, 4) is 0 Å². The molecule has 0 aromatic heterocycles. The number of amides is 1. The summed E-state index contributed by atoms with van der Waals surface area (Å²) in [6.07, 6.45) is 1.06. The van der Waals surface area contributed by atoms with E-state index in [1.807, 2.05) is 41.3 Å². The number of methoxy groups -OCH3 is 1. The first kappa shape index (κ1) is 17.5. The molecule has 0 radical (unpaired) electrons. The van der Waals surface area contributed by atoms with Gasteiger partial charge in [0, 0.05) is 18.0 Å².